The average molecular weight is 275 g/mol. The van der Waals surface area contributed by atoms with E-state index in [0.29, 0.717) is 24.2 Å². The second kappa shape index (κ2) is 4.91. The summed E-state index contributed by atoms with van der Waals surface area (Å²) in [7, 11) is 0. The molecule has 19 heavy (non-hydrogen) atoms. The van der Waals surface area contributed by atoms with Crippen LogP contribution in [0.15, 0.2) is 18.2 Å². The minimum Gasteiger partial charge on any atom is -0.376 e. The fourth-order valence-electron chi connectivity index (χ4n) is 2.31. The third-order valence-electron chi connectivity index (χ3n) is 3.62. The van der Waals surface area contributed by atoms with E-state index < -0.39 is 0 Å². The highest BCUT2D eigenvalue weighted by Gasteiger charge is 2.18. The second-order valence-electron chi connectivity index (χ2n) is 4.81. The van der Waals surface area contributed by atoms with E-state index in [2.05, 4.69) is 29.9 Å². The van der Waals surface area contributed by atoms with Gasteiger partial charge in [-0.05, 0) is 25.0 Å². The van der Waals surface area contributed by atoms with E-state index in [0.717, 1.165) is 23.2 Å². The lowest BCUT2D eigenvalue weighted by molar-refractivity contribution is 0.109. The Balaban J connectivity index is 2.16. The standard InChI is InChI=1S/C15H15ClN2O/c1-9-4-3-5-11(10(9)2)15-17-13-6-7-19-8-12(13)14(16)18-15/h3-5H,6-8H2,1-2H3. The van der Waals surface area contributed by atoms with Crippen molar-refractivity contribution in [3.8, 4) is 11.4 Å². The number of ether oxygens (including phenoxy) is 1. The Labute approximate surface area is 117 Å². The number of benzene rings is 1. The van der Waals surface area contributed by atoms with Gasteiger partial charge in [-0.3, -0.25) is 0 Å². The minimum absolute atomic E-state index is 0.514. The zero-order chi connectivity index (χ0) is 13.4. The molecule has 0 spiro atoms. The third-order valence-corrected chi connectivity index (χ3v) is 3.93. The molecule has 1 aliphatic rings. The zero-order valence-corrected chi connectivity index (χ0v) is 11.8. The lowest BCUT2D eigenvalue weighted by atomic mass is 10.0. The van der Waals surface area contributed by atoms with Crippen LogP contribution in [0.1, 0.15) is 22.4 Å². The smallest absolute Gasteiger partial charge is 0.161 e. The highest BCUT2D eigenvalue weighted by molar-refractivity contribution is 6.30. The van der Waals surface area contributed by atoms with E-state index in [1.54, 1.807) is 0 Å². The number of hydrogen-bond donors (Lipinski definition) is 0. The number of rotatable bonds is 1. The summed E-state index contributed by atoms with van der Waals surface area (Å²) in [6.45, 7) is 5.39. The van der Waals surface area contributed by atoms with Crippen LogP contribution in [-0.2, 0) is 17.8 Å². The second-order valence-corrected chi connectivity index (χ2v) is 5.17. The summed E-state index contributed by atoms with van der Waals surface area (Å²) in [6, 6.07) is 6.16. The van der Waals surface area contributed by atoms with Crippen molar-refractivity contribution in [1.82, 2.24) is 9.97 Å². The quantitative estimate of drug-likeness (QED) is 0.747. The maximum absolute atomic E-state index is 6.26. The van der Waals surface area contributed by atoms with Crippen LogP contribution in [0.4, 0.5) is 0 Å². The van der Waals surface area contributed by atoms with Crippen LogP contribution in [0.3, 0.4) is 0 Å². The molecule has 0 saturated heterocycles. The predicted octanol–water partition coefficient (Wildman–Crippen LogP) is 3.49. The maximum atomic E-state index is 6.26. The highest BCUT2D eigenvalue weighted by Crippen LogP contribution is 2.28. The number of hydrogen-bond acceptors (Lipinski definition) is 3. The van der Waals surface area contributed by atoms with Gasteiger partial charge in [0.2, 0.25) is 0 Å². The summed E-state index contributed by atoms with van der Waals surface area (Å²) in [6.07, 6.45) is 0.801. The molecule has 0 N–H and O–H groups in total. The molecule has 0 fully saturated rings. The van der Waals surface area contributed by atoms with Crippen molar-refractivity contribution in [3.05, 3.63) is 45.7 Å². The van der Waals surface area contributed by atoms with Crippen molar-refractivity contribution >= 4 is 11.6 Å². The summed E-state index contributed by atoms with van der Waals surface area (Å²) in [5, 5.41) is 0.514. The largest absolute Gasteiger partial charge is 0.376 e. The van der Waals surface area contributed by atoms with E-state index in [1.807, 2.05) is 12.1 Å². The Bertz CT molecular complexity index is 640. The molecule has 0 atom stereocenters. The molecule has 1 aromatic heterocycles. The van der Waals surface area contributed by atoms with Gasteiger partial charge in [0.1, 0.15) is 5.15 Å². The first-order valence-electron chi connectivity index (χ1n) is 6.36. The molecule has 0 radical (unpaired) electrons. The van der Waals surface area contributed by atoms with Crippen molar-refractivity contribution < 1.29 is 4.74 Å². The van der Waals surface area contributed by atoms with Crippen molar-refractivity contribution in [2.75, 3.05) is 6.61 Å². The Morgan fingerprint density at radius 2 is 2.05 bits per heavy atom. The van der Waals surface area contributed by atoms with Crippen molar-refractivity contribution in [1.29, 1.82) is 0 Å². The Hall–Kier alpha value is -1.45. The molecule has 3 rings (SSSR count). The number of aryl methyl sites for hydroxylation is 1. The van der Waals surface area contributed by atoms with Gasteiger partial charge in [0.05, 0.1) is 18.9 Å². The van der Waals surface area contributed by atoms with Gasteiger partial charge in [-0.1, -0.05) is 29.8 Å². The van der Waals surface area contributed by atoms with Crippen molar-refractivity contribution in [2.24, 2.45) is 0 Å². The molecule has 2 aromatic rings. The zero-order valence-electron chi connectivity index (χ0n) is 11.0. The van der Waals surface area contributed by atoms with E-state index in [-0.39, 0.29) is 0 Å². The van der Waals surface area contributed by atoms with E-state index in [4.69, 9.17) is 16.3 Å². The lowest BCUT2D eigenvalue weighted by Gasteiger charge is -2.17. The molecule has 0 saturated carbocycles. The SMILES string of the molecule is Cc1cccc(-c2nc(Cl)c3c(n2)CCOC3)c1C. The topological polar surface area (TPSA) is 35.0 Å². The van der Waals surface area contributed by atoms with Crippen molar-refractivity contribution in [2.45, 2.75) is 26.9 Å². The molecule has 0 unspecified atom stereocenters. The van der Waals surface area contributed by atoms with Gasteiger partial charge in [0, 0.05) is 17.5 Å². The van der Waals surface area contributed by atoms with Gasteiger partial charge in [-0.25, -0.2) is 9.97 Å². The van der Waals surface area contributed by atoms with Crippen LogP contribution < -0.4 is 0 Å². The molecule has 1 aliphatic heterocycles. The fourth-order valence-corrected chi connectivity index (χ4v) is 2.55. The summed E-state index contributed by atoms with van der Waals surface area (Å²) in [4.78, 5) is 9.10. The summed E-state index contributed by atoms with van der Waals surface area (Å²) < 4.78 is 5.40. The lowest BCUT2D eigenvalue weighted by Crippen LogP contribution is -2.14. The fraction of sp³-hybridized carbons (Fsp3) is 0.333. The molecule has 0 amide bonds. The number of aromatic nitrogens is 2. The predicted molar refractivity (Wildman–Crippen MR) is 75.3 cm³/mol. The van der Waals surface area contributed by atoms with Gasteiger partial charge in [-0.15, -0.1) is 0 Å². The van der Waals surface area contributed by atoms with Gasteiger partial charge < -0.3 is 4.74 Å². The Morgan fingerprint density at radius 1 is 1.21 bits per heavy atom. The van der Waals surface area contributed by atoms with Crippen LogP contribution in [0.25, 0.3) is 11.4 Å². The van der Waals surface area contributed by atoms with E-state index in [9.17, 15) is 0 Å². The first kappa shape index (κ1) is 12.6. The van der Waals surface area contributed by atoms with Crippen molar-refractivity contribution in [3.63, 3.8) is 0 Å². The summed E-state index contributed by atoms with van der Waals surface area (Å²) >= 11 is 6.26. The summed E-state index contributed by atoms with van der Waals surface area (Å²) in [5.41, 5.74) is 5.43. The molecule has 2 heterocycles. The van der Waals surface area contributed by atoms with Crippen LogP contribution in [-0.4, -0.2) is 16.6 Å². The first-order valence-corrected chi connectivity index (χ1v) is 6.74. The highest BCUT2D eigenvalue weighted by atomic mass is 35.5. The molecule has 0 aliphatic carbocycles. The van der Waals surface area contributed by atoms with Crippen LogP contribution in [0, 0.1) is 13.8 Å². The van der Waals surface area contributed by atoms with Gasteiger partial charge >= 0.3 is 0 Å². The molecule has 1 aromatic carbocycles. The Morgan fingerprint density at radius 3 is 2.89 bits per heavy atom. The summed E-state index contributed by atoms with van der Waals surface area (Å²) in [5.74, 6) is 0.715. The maximum Gasteiger partial charge on any atom is 0.161 e. The average Bonchev–Trinajstić information content (AvgIpc) is 2.42. The molecule has 0 bridgehead atoms. The van der Waals surface area contributed by atoms with Crippen LogP contribution in [0.2, 0.25) is 5.15 Å². The van der Waals surface area contributed by atoms with Gasteiger partial charge in [0.15, 0.2) is 5.82 Å². The number of halogens is 1. The number of nitrogens with zero attached hydrogens (tertiary/aromatic N) is 2. The third kappa shape index (κ3) is 2.24. The molecule has 3 nitrogen and oxygen atoms in total. The molecule has 4 heteroatoms. The van der Waals surface area contributed by atoms with Gasteiger partial charge in [-0.2, -0.15) is 0 Å². The Kier molecular flexibility index (Phi) is 3.25. The van der Waals surface area contributed by atoms with Crippen LogP contribution >= 0.6 is 11.6 Å². The first-order chi connectivity index (χ1) is 9.16. The van der Waals surface area contributed by atoms with E-state index in [1.165, 1.54) is 11.1 Å². The van der Waals surface area contributed by atoms with E-state index >= 15 is 0 Å². The van der Waals surface area contributed by atoms with Crippen LogP contribution in [0.5, 0.6) is 0 Å². The molecule has 98 valence electrons. The molecular formula is C15H15ClN2O. The van der Waals surface area contributed by atoms with Gasteiger partial charge in [0.25, 0.3) is 0 Å². The minimum atomic E-state index is 0.514. The number of fused-ring (bicyclic) bond motifs is 1. The molecular weight excluding hydrogens is 260 g/mol. The monoisotopic (exact) mass is 274 g/mol. The normalized spacial score (nSPS) is 14.3.